The normalized spacial score (nSPS) is 16.8. The summed E-state index contributed by atoms with van der Waals surface area (Å²) in [5.41, 5.74) is 10.2. The molecule has 0 radical (unpaired) electrons. The minimum atomic E-state index is -1.74. The highest BCUT2D eigenvalue weighted by Crippen LogP contribution is 2.71. The van der Waals surface area contributed by atoms with Crippen LogP contribution in [0.5, 0.6) is 5.75 Å². The first-order valence-corrected chi connectivity index (χ1v) is 16.8. The molecule has 7 heteroatoms. The van der Waals surface area contributed by atoms with E-state index in [9.17, 15) is 4.79 Å². The lowest BCUT2D eigenvalue weighted by Gasteiger charge is -2.45. The van der Waals surface area contributed by atoms with E-state index >= 15 is 0 Å². The predicted octanol–water partition coefficient (Wildman–Crippen LogP) is 6.22. The summed E-state index contributed by atoms with van der Waals surface area (Å²) in [5.74, 6) is 0.830. The lowest BCUT2D eigenvalue weighted by atomic mass is 9.96. The molecule has 5 nitrogen and oxygen atoms in total. The van der Waals surface area contributed by atoms with E-state index in [-0.39, 0.29) is 10.6 Å². The first-order chi connectivity index (χ1) is 17.7. The van der Waals surface area contributed by atoms with Gasteiger partial charge < -0.3 is 19.8 Å². The van der Waals surface area contributed by atoms with Crippen molar-refractivity contribution in [3.8, 4) is 5.75 Å². The van der Waals surface area contributed by atoms with Crippen LogP contribution in [0.15, 0.2) is 70.6 Å². The topological polar surface area (TPSA) is 66.5 Å². The second-order valence-corrected chi connectivity index (χ2v) is 16.8. The van der Waals surface area contributed by atoms with E-state index < -0.39 is 6.09 Å². The van der Waals surface area contributed by atoms with Crippen LogP contribution in [0.4, 0.5) is 0 Å². The average molecular weight is 539 g/mol. The molecule has 1 aliphatic heterocycles. The van der Waals surface area contributed by atoms with Gasteiger partial charge in [-0.15, -0.1) is 0 Å². The predicted molar refractivity (Wildman–Crippen MR) is 161 cm³/mol. The molecule has 37 heavy (non-hydrogen) atoms. The van der Waals surface area contributed by atoms with E-state index in [1.54, 1.807) is 0 Å². The fourth-order valence-electron chi connectivity index (χ4n) is 5.17. The molecule has 0 amide bonds. The largest absolute Gasteiger partial charge is 0.494 e. The number of nitrogens with zero attached hydrogens (tertiary/aromatic N) is 1. The van der Waals surface area contributed by atoms with Crippen LogP contribution in [0.3, 0.4) is 0 Å². The molecule has 1 saturated heterocycles. The van der Waals surface area contributed by atoms with Gasteiger partial charge in [-0.1, -0.05) is 37.3 Å². The van der Waals surface area contributed by atoms with E-state index in [2.05, 4.69) is 49.2 Å². The summed E-state index contributed by atoms with van der Waals surface area (Å²) >= 11 is 1.83. The van der Waals surface area contributed by atoms with Crippen molar-refractivity contribution in [2.75, 3.05) is 26.5 Å². The Balaban J connectivity index is 1.35. The summed E-state index contributed by atoms with van der Waals surface area (Å²) in [6.45, 7) is 10.5. The molecule has 4 rings (SSSR count). The van der Waals surface area contributed by atoms with Crippen LogP contribution in [0.2, 0.25) is 0 Å². The maximum Gasteiger partial charge on any atom is 0.192 e. The van der Waals surface area contributed by atoms with Crippen molar-refractivity contribution in [2.24, 2.45) is 12.8 Å². The molecule has 1 aromatic heterocycles. The summed E-state index contributed by atoms with van der Waals surface area (Å²) in [5, 5.41) is 0.635. The Morgan fingerprint density at radius 2 is 1.92 bits per heavy atom. The van der Waals surface area contributed by atoms with Crippen LogP contribution in [-0.2, 0) is 24.6 Å². The van der Waals surface area contributed by atoms with E-state index in [4.69, 9.17) is 15.2 Å². The van der Waals surface area contributed by atoms with Gasteiger partial charge in [0.1, 0.15) is 5.75 Å². The van der Waals surface area contributed by atoms with Gasteiger partial charge >= 0.3 is 0 Å². The Morgan fingerprint density at radius 1 is 1.22 bits per heavy atom. The molecule has 0 aliphatic carbocycles. The molecule has 1 aliphatic rings. The Kier molecular flexibility index (Phi) is 8.63. The van der Waals surface area contributed by atoms with Gasteiger partial charge in [0.2, 0.25) is 0 Å². The molecular formula is C30H39N2O3PS. The first kappa shape index (κ1) is 27.6. The molecule has 3 aromatic rings. The Labute approximate surface area is 224 Å². The van der Waals surface area contributed by atoms with Gasteiger partial charge in [-0.25, -0.2) is 0 Å². The zero-order valence-electron chi connectivity index (χ0n) is 22.3. The van der Waals surface area contributed by atoms with Gasteiger partial charge in [0, 0.05) is 53.2 Å². The Morgan fingerprint density at radius 3 is 2.57 bits per heavy atom. The number of rotatable bonds is 10. The quantitative estimate of drug-likeness (QED) is 0.245. The number of allylic oxidation sites excluding steroid dienone is 1. The van der Waals surface area contributed by atoms with Crippen molar-refractivity contribution in [1.82, 2.24) is 4.57 Å². The maximum absolute atomic E-state index is 13.0. The van der Waals surface area contributed by atoms with Crippen molar-refractivity contribution < 1.29 is 9.47 Å². The molecule has 0 saturated carbocycles. The van der Waals surface area contributed by atoms with Crippen LogP contribution in [-0.4, -0.2) is 42.5 Å². The zero-order chi connectivity index (χ0) is 26.6. The number of pyridine rings is 1. The van der Waals surface area contributed by atoms with Crippen LogP contribution in [0, 0.1) is 0 Å². The molecular weight excluding hydrogens is 499 g/mol. The van der Waals surface area contributed by atoms with Gasteiger partial charge in [-0.3, -0.25) is 4.79 Å². The van der Waals surface area contributed by atoms with Gasteiger partial charge in [-0.05, 0) is 86.8 Å². The smallest absolute Gasteiger partial charge is 0.192 e. The maximum atomic E-state index is 13.0. The fraction of sp³-hybridized carbons (Fsp3) is 0.400. The molecule has 0 bridgehead atoms. The fourth-order valence-corrected chi connectivity index (χ4v) is 11.0. The second-order valence-electron chi connectivity index (χ2n) is 10.1. The van der Waals surface area contributed by atoms with Crippen molar-refractivity contribution >= 4 is 34.7 Å². The van der Waals surface area contributed by atoms with Crippen molar-refractivity contribution in [2.45, 2.75) is 49.1 Å². The Bertz CT molecular complexity index is 1370. The van der Waals surface area contributed by atoms with Gasteiger partial charge in [0.05, 0.1) is 12.1 Å². The highest BCUT2D eigenvalue weighted by molar-refractivity contribution is 8.61. The summed E-state index contributed by atoms with van der Waals surface area (Å²) in [7, 11) is 2.01. The van der Waals surface area contributed by atoms with Crippen molar-refractivity contribution in [3.05, 3.63) is 82.3 Å². The standard InChI is InChI=1S/C30H39N2O3PS/c1-6-23-9-14-27-28(20-23)32(3)21-24(29(27)33)8-7-17-35-25-10-12-26(13-11-25)37-36(4,5)30(22(2)31)15-18-34-19-16-30/h9-14,20-21H,2,4,6-8,15-19,31H2,1,3,5H3. The van der Waals surface area contributed by atoms with Gasteiger partial charge in [0.15, 0.2) is 5.43 Å². The number of aromatic nitrogens is 1. The summed E-state index contributed by atoms with van der Waals surface area (Å²) in [6, 6.07) is 14.3. The lowest BCUT2D eigenvalue weighted by molar-refractivity contribution is 0.0837. The van der Waals surface area contributed by atoms with Gasteiger partial charge in [0.25, 0.3) is 0 Å². The summed E-state index contributed by atoms with van der Waals surface area (Å²) < 4.78 is 13.7. The summed E-state index contributed by atoms with van der Waals surface area (Å²) in [6.07, 6.45) is 9.05. The number of fused-ring (bicyclic) bond motifs is 1. The molecule has 2 heterocycles. The number of aryl methyl sites for hydroxylation is 3. The third-order valence-electron chi connectivity index (χ3n) is 7.55. The number of ether oxygens (including phenoxy) is 2. The number of nitrogens with two attached hydrogens (primary N) is 1. The molecule has 1 fully saturated rings. The van der Waals surface area contributed by atoms with Crippen molar-refractivity contribution in [3.63, 3.8) is 0 Å². The monoisotopic (exact) mass is 538 g/mol. The number of hydrogen-bond acceptors (Lipinski definition) is 5. The van der Waals surface area contributed by atoms with E-state index in [0.29, 0.717) is 26.2 Å². The summed E-state index contributed by atoms with van der Waals surface area (Å²) in [4.78, 5) is 14.2. The highest BCUT2D eigenvalue weighted by Gasteiger charge is 2.43. The van der Waals surface area contributed by atoms with Crippen LogP contribution in [0.25, 0.3) is 10.9 Å². The third-order valence-corrected chi connectivity index (χ3v) is 13.9. The second kappa shape index (κ2) is 11.6. The minimum absolute atomic E-state index is 0.124. The van der Waals surface area contributed by atoms with E-state index in [1.165, 1.54) is 5.56 Å². The van der Waals surface area contributed by atoms with E-state index in [0.717, 1.165) is 58.5 Å². The SMILES string of the molecule is C=C(N)C1(P(=C)(C)Sc2ccc(OCCCc3cn(C)c4cc(CC)ccc4c3=O)cc2)CCOCC1. The van der Waals surface area contributed by atoms with Crippen molar-refractivity contribution in [1.29, 1.82) is 0 Å². The van der Waals surface area contributed by atoms with Gasteiger partial charge in [-0.2, -0.15) is 0 Å². The molecule has 1 unspecified atom stereocenters. The highest BCUT2D eigenvalue weighted by atomic mass is 32.7. The van der Waals surface area contributed by atoms with E-state index in [1.807, 2.05) is 48.9 Å². The number of benzene rings is 2. The first-order valence-electron chi connectivity index (χ1n) is 12.9. The molecule has 2 N–H and O–H groups in total. The van der Waals surface area contributed by atoms with Crippen LogP contribution < -0.4 is 15.9 Å². The average Bonchev–Trinajstić information content (AvgIpc) is 2.90. The molecule has 0 spiro atoms. The molecule has 1 atom stereocenters. The third kappa shape index (κ3) is 5.87. The van der Waals surface area contributed by atoms with Crippen LogP contribution in [0.1, 0.15) is 37.3 Å². The molecule has 198 valence electrons. The Hall–Kier alpha value is -2.40. The minimum Gasteiger partial charge on any atom is -0.494 e. The lowest BCUT2D eigenvalue weighted by Crippen LogP contribution is -2.39. The molecule has 2 aromatic carbocycles. The van der Waals surface area contributed by atoms with Crippen LogP contribution >= 0.6 is 17.5 Å². The number of hydrogen-bond donors (Lipinski definition) is 1. The zero-order valence-corrected chi connectivity index (χ0v) is 24.0.